The first-order valence-electron chi connectivity index (χ1n) is 9.89. The number of anilines is 2. The van der Waals surface area contributed by atoms with E-state index in [4.69, 9.17) is 4.74 Å². The number of urea groups is 1. The Kier molecular flexibility index (Phi) is 5.94. The number of rotatable bonds is 7. The second kappa shape index (κ2) is 8.97. The van der Waals surface area contributed by atoms with Crippen LogP contribution in [0, 0.1) is 5.82 Å². The number of nitrogens with zero attached hydrogens (tertiary/aromatic N) is 3. The van der Waals surface area contributed by atoms with Gasteiger partial charge in [0.1, 0.15) is 5.82 Å². The molecule has 0 unspecified atom stereocenters. The number of nitrogens with one attached hydrogen (secondary N) is 3. The minimum Gasteiger partial charge on any atom is -0.385 e. The summed E-state index contributed by atoms with van der Waals surface area (Å²) in [4.78, 5) is 20.7. The van der Waals surface area contributed by atoms with Gasteiger partial charge in [-0.25, -0.2) is 19.2 Å². The van der Waals surface area contributed by atoms with Crippen LogP contribution in [0.3, 0.4) is 0 Å². The average molecular weight is 422 g/mol. The zero-order chi connectivity index (χ0) is 21.8. The van der Waals surface area contributed by atoms with E-state index in [9.17, 15) is 9.18 Å². The molecule has 0 aliphatic heterocycles. The molecule has 2 aromatic carbocycles. The quantitative estimate of drug-likeness (QED) is 0.393. The van der Waals surface area contributed by atoms with E-state index in [1.165, 1.54) is 12.1 Å². The van der Waals surface area contributed by atoms with Gasteiger partial charge >= 0.3 is 6.03 Å². The molecule has 8 nitrogen and oxygen atoms in total. The fourth-order valence-corrected chi connectivity index (χ4v) is 3.37. The van der Waals surface area contributed by atoms with E-state index >= 15 is 0 Å². The third-order valence-corrected chi connectivity index (χ3v) is 4.87. The van der Waals surface area contributed by atoms with E-state index in [-0.39, 0.29) is 11.8 Å². The number of carbonyl (C=O) groups excluding carboxylic acids is 1. The Bertz CT molecular complexity index is 1220. The topological polar surface area (TPSA) is 92.6 Å². The first kappa shape index (κ1) is 20.5. The molecule has 0 aliphatic rings. The highest BCUT2D eigenvalue weighted by molar-refractivity contribution is 5.90. The van der Waals surface area contributed by atoms with Gasteiger partial charge in [0.25, 0.3) is 0 Å². The molecule has 0 bridgehead atoms. The standard InChI is InChI=1S/C22H23FN6O2/c1-24-22(30)27-16-7-4-14(5-8-16)19-13-26-21-20(25-10-3-11-31-2)28-17-9-6-15(23)12-18(17)29(19)21/h4-9,12-13H,3,10-11H2,1-2H3,(H,25,28)(H2,24,27,30). The summed E-state index contributed by atoms with van der Waals surface area (Å²) in [6.07, 6.45) is 2.56. The second-order valence-electron chi connectivity index (χ2n) is 6.95. The lowest BCUT2D eigenvalue weighted by Gasteiger charge is -2.12. The lowest BCUT2D eigenvalue weighted by atomic mass is 10.1. The molecule has 31 heavy (non-hydrogen) atoms. The summed E-state index contributed by atoms with van der Waals surface area (Å²) in [5.74, 6) is 0.278. The van der Waals surface area contributed by atoms with Crippen molar-refractivity contribution in [1.29, 1.82) is 0 Å². The summed E-state index contributed by atoms with van der Waals surface area (Å²) < 4.78 is 21.1. The number of imidazole rings is 1. The van der Waals surface area contributed by atoms with Crippen molar-refractivity contribution in [3.63, 3.8) is 0 Å². The van der Waals surface area contributed by atoms with Crippen molar-refractivity contribution in [3.05, 3.63) is 54.5 Å². The van der Waals surface area contributed by atoms with Crippen LogP contribution in [0.1, 0.15) is 6.42 Å². The number of carbonyl (C=O) groups is 1. The van der Waals surface area contributed by atoms with E-state index < -0.39 is 0 Å². The molecule has 2 amide bonds. The van der Waals surface area contributed by atoms with E-state index in [0.717, 1.165) is 17.7 Å². The van der Waals surface area contributed by atoms with Crippen LogP contribution in [0.4, 0.5) is 20.7 Å². The predicted molar refractivity (Wildman–Crippen MR) is 119 cm³/mol. The number of amides is 2. The monoisotopic (exact) mass is 422 g/mol. The maximum absolute atomic E-state index is 14.1. The maximum Gasteiger partial charge on any atom is 0.318 e. The first-order chi connectivity index (χ1) is 15.1. The molecule has 0 atom stereocenters. The van der Waals surface area contributed by atoms with Gasteiger partial charge in [-0.15, -0.1) is 0 Å². The van der Waals surface area contributed by atoms with Gasteiger partial charge < -0.3 is 20.7 Å². The van der Waals surface area contributed by atoms with Gasteiger partial charge in [0, 0.05) is 44.6 Å². The van der Waals surface area contributed by atoms with Gasteiger partial charge in [-0.1, -0.05) is 12.1 Å². The van der Waals surface area contributed by atoms with Crippen LogP contribution < -0.4 is 16.0 Å². The number of ether oxygens (including phenoxy) is 1. The van der Waals surface area contributed by atoms with E-state index in [0.29, 0.717) is 41.3 Å². The number of benzene rings is 2. The largest absolute Gasteiger partial charge is 0.385 e. The molecule has 0 radical (unpaired) electrons. The molecule has 9 heteroatoms. The van der Waals surface area contributed by atoms with Crippen molar-refractivity contribution in [2.45, 2.75) is 6.42 Å². The van der Waals surface area contributed by atoms with Crippen LogP contribution in [0.25, 0.3) is 27.9 Å². The Morgan fingerprint density at radius 1 is 1.19 bits per heavy atom. The van der Waals surface area contributed by atoms with E-state index in [1.807, 2.05) is 16.5 Å². The third kappa shape index (κ3) is 4.26. The normalized spacial score (nSPS) is 11.1. The third-order valence-electron chi connectivity index (χ3n) is 4.87. The molecule has 3 N–H and O–H groups in total. The molecule has 0 spiro atoms. The van der Waals surface area contributed by atoms with Gasteiger partial charge in [0.05, 0.1) is 22.9 Å². The van der Waals surface area contributed by atoms with Crippen LogP contribution >= 0.6 is 0 Å². The van der Waals surface area contributed by atoms with Crippen molar-refractivity contribution in [2.75, 3.05) is 37.9 Å². The molecule has 0 aliphatic carbocycles. The Morgan fingerprint density at radius 3 is 2.74 bits per heavy atom. The molecular formula is C22H23FN6O2. The average Bonchev–Trinajstić information content (AvgIpc) is 3.23. The van der Waals surface area contributed by atoms with Crippen molar-refractivity contribution >= 4 is 34.2 Å². The Morgan fingerprint density at radius 2 is 2.00 bits per heavy atom. The van der Waals surface area contributed by atoms with Gasteiger partial charge in [-0.2, -0.15) is 0 Å². The summed E-state index contributed by atoms with van der Waals surface area (Å²) >= 11 is 0. The van der Waals surface area contributed by atoms with Crippen LogP contribution in [-0.2, 0) is 4.74 Å². The molecule has 160 valence electrons. The second-order valence-corrected chi connectivity index (χ2v) is 6.95. The molecule has 4 rings (SSSR count). The fourth-order valence-electron chi connectivity index (χ4n) is 3.37. The number of hydrogen-bond donors (Lipinski definition) is 3. The summed E-state index contributed by atoms with van der Waals surface area (Å²) in [5, 5.41) is 8.55. The van der Waals surface area contributed by atoms with Gasteiger partial charge in [-0.05, 0) is 30.7 Å². The highest BCUT2D eigenvalue weighted by Gasteiger charge is 2.15. The highest BCUT2D eigenvalue weighted by atomic mass is 19.1. The van der Waals surface area contributed by atoms with Gasteiger partial charge in [-0.3, -0.25) is 4.40 Å². The lowest BCUT2D eigenvalue weighted by Crippen LogP contribution is -2.24. The number of hydrogen-bond acceptors (Lipinski definition) is 5. The molecule has 2 heterocycles. The number of aromatic nitrogens is 3. The van der Waals surface area contributed by atoms with Crippen LogP contribution in [0.5, 0.6) is 0 Å². The zero-order valence-electron chi connectivity index (χ0n) is 17.3. The first-order valence-corrected chi connectivity index (χ1v) is 9.89. The molecule has 4 aromatic rings. The summed E-state index contributed by atoms with van der Waals surface area (Å²) in [6, 6.07) is 11.6. The minimum atomic E-state index is -0.346. The van der Waals surface area contributed by atoms with Crippen molar-refractivity contribution in [2.24, 2.45) is 0 Å². The van der Waals surface area contributed by atoms with Crippen LogP contribution in [-0.4, -0.2) is 47.7 Å². The molecule has 0 fully saturated rings. The SMILES string of the molecule is CNC(=O)Nc1ccc(-c2cnc3c(NCCCOC)nc4ccc(F)cc4n23)cc1. The summed E-state index contributed by atoms with van der Waals surface area (Å²) in [6.45, 7) is 1.31. The minimum absolute atomic E-state index is 0.292. The summed E-state index contributed by atoms with van der Waals surface area (Å²) in [5.41, 5.74) is 4.21. The van der Waals surface area contributed by atoms with Crippen molar-refractivity contribution in [1.82, 2.24) is 19.7 Å². The summed E-state index contributed by atoms with van der Waals surface area (Å²) in [7, 11) is 3.22. The van der Waals surface area contributed by atoms with Gasteiger partial charge in [0.15, 0.2) is 11.5 Å². The zero-order valence-corrected chi connectivity index (χ0v) is 17.3. The van der Waals surface area contributed by atoms with Gasteiger partial charge in [0.2, 0.25) is 0 Å². The molecular weight excluding hydrogens is 399 g/mol. The van der Waals surface area contributed by atoms with Crippen LogP contribution in [0.2, 0.25) is 0 Å². The number of methoxy groups -OCH3 is 1. The highest BCUT2D eigenvalue weighted by Crippen LogP contribution is 2.29. The lowest BCUT2D eigenvalue weighted by molar-refractivity contribution is 0.198. The molecule has 0 saturated carbocycles. The van der Waals surface area contributed by atoms with E-state index in [2.05, 4.69) is 25.9 Å². The Hall–Kier alpha value is -3.72. The van der Waals surface area contributed by atoms with Crippen LogP contribution in [0.15, 0.2) is 48.7 Å². The fraction of sp³-hybridized carbons (Fsp3) is 0.227. The van der Waals surface area contributed by atoms with E-state index in [1.54, 1.807) is 38.6 Å². The van der Waals surface area contributed by atoms with Crippen molar-refractivity contribution < 1.29 is 13.9 Å². The molecule has 0 saturated heterocycles. The smallest absolute Gasteiger partial charge is 0.318 e. The van der Waals surface area contributed by atoms with Crippen molar-refractivity contribution in [3.8, 4) is 11.3 Å². The predicted octanol–water partition coefficient (Wildman–Crippen LogP) is 3.89. The Balaban J connectivity index is 1.79. The number of fused-ring (bicyclic) bond motifs is 3. The molecule has 2 aromatic heterocycles. The number of halogens is 1. The Labute approximate surface area is 178 Å². The maximum atomic E-state index is 14.1.